The zero-order valence-corrected chi connectivity index (χ0v) is 19.6. The molecular formula is C23H26N4O6S. The van der Waals surface area contributed by atoms with E-state index in [1.165, 1.54) is 22.5 Å². The predicted octanol–water partition coefficient (Wildman–Crippen LogP) is 1.90. The maximum atomic E-state index is 13.1. The topological polar surface area (TPSA) is 131 Å². The quantitative estimate of drug-likeness (QED) is 0.525. The second-order valence-corrected chi connectivity index (χ2v) is 9.91. The second kappa shape index (κ2) is 9.82. The number of para-hydroxylation sites is 1. The van der Waals surface area contributed by atoms with E-state index in [4.69, 9.17) is 4.74 Å². The minimum Gasteiger partial charge on any atom is -0.492 e. The molecule has 11 heteroatoms. The van der Waals surface area contributed by atoms with Gasteiger partial charge in [-0.3, -0.25) is 14.2 Å². The molecule has 2 N–H and O–H groups in total. The summed E-state index contributed by atoms with van der Waals surface area (Å²) in [6, 6.07) is 10.8. The van der Waals surface area contributed by atoms with Gasteiger partial charge in [-0.1, -0.05) is 18.6 Å². The Kier molecular flexibility index (Phi) is 6.85. The molecule has 0 spiro atoms. The molecule has 1 amide bonds. The van der Waals surface area contributed by atoms with E-state index >= 15 is 0 Å². The van der Waals surface area contributed by atoms with Gasteiger partial charge in [-0.2, -0.15) is 4.31 Å². The van der Waals surface area contributed by atoms with Crippen LogP contribution in [-0.4, -0.2) is 47.9 Å². The minimum absolute atomic E-state index is 0.0360. The number of carbonyl (C=O) groups excluding carboxylic acids is 1. The number of nitrogens with zero attached hydrogens (tertiary/aromatic N) is 2. The van der Waals surface area contributed by atoms with Crippen LogP contribution in [-0.2, 0) is 21.4 Å². The summed E-state index contributed by atoms with van der Waals surface area (Å²) in [6.45, 7) is 2.41. The predicted molar refractivity (Wildman–Crippen MR) is 128 cm³/mol. The van der Waals surface area contributed by atoms with E-state index in [-0.39, 0.29) is 21.7 Å². The number of hydrogen-bond acceptors (Lipinski definition) is 6. The fourth-order valence-electron chi connectivity index (χ4n) is 3.98. The molecule has 0 aliphatic carbocycles. The van der Waals surface area contributed by atoms with Gasteiger partial charge in [0.25, 0.3) is 5.56 Å². The van der Waals surface area contributed by atoms with E-state index in [9.17, 15) is 22.8 Å². The van der Waals surface area contributed by atoms with Crippen LogP contribution in [0.3, 0.4) is 0 Å². The van der Waals surface area contributed by atoms with Crippen LogP contribution in [0.25, 0.3) is 10.9 Å². The molecule has 0 unspecified atom stereocenters. The molecule has 1 aliphatic rings. The number of carbonyl (C=O) groups is 1. The lowest BCUT2D eigenvalue weighted by Crippen LogP contribution is -2.38. The molecule has 180 valence electrons. The van der Waals surface area contributed by atoms with E-state index < -0.39 is 33.7 Å². The average molecular weight is 487 g/mol. The summed E-state index contributed by atoms with van der Waals surface area (Å²) in [5.74, 6) is -0.385. The largest absolute Gasteiger partial charge is 0.492 e. The molecule has 10 nitrogen and oxygen atoms in total. The second-order valence-electron chi connectivity index (χ2n) is 7.97. The number of fused-ring (bicyclic) bond motifs is 1. The maximum absolute atomic E-state index is 13.1. The van der Waals surface area contributed by atoms with Crippen LogP contribution in [0, 0.1) is 0 Å². The highest BCUT2D eigenvalue weighted by Crippen LogP contribution is 2.30. The van der Waals surface area contributed by atoms with Gasteiger partial charge in [0.1, 0.15) is 12.3 Å². The summed E-state index contributed by atoms with van der Waals surface area (Å²) in [6.07, 6.45) is 2.59. The molecule has 34 heavy (non-hydrogen) atoms. The monoisotopic (exact) mass is 486 g/mol. The fraction of sp³-hybridized carbons (Fsp3) is 0.348. The fourth-order valence-corrected chi connectivity index (χ4v) is 5.52. The summed E-state index contributed by atoms with van der Waals surface area (Å²) >= 11 is 0. The van der Waals surface area contributed by atoms with Gasteiger partial charge in [0.05, 0.1) is 28.1 Å². The number of H-pyrrole nitrogens is 1. The number of rotatable bonds is 7. The van der Waals surface area contributed by atoms with Crippen LogP contribution in [0.15, 0.2) is 56.9 Å². The lowest BCUT2D eigenvalue weighted by molar-refractivity contribution is -0.116. The normalized spacial score (nSPS) is 14.7. The van der Waals surface area contributed by atoms with E-state index in [0.29, 0.717) is 25.2 Å². The molecule has 2 heterocycles. The molecule has 0 radical (unpaired) electrons. The van der Waals surface area contributed by atoms with Gasteiger partial charge in [0.15, 0.2) is 0 Å². The molecule has 1 fully saturated rings. The lowest BCUT2D eigenvalue weighted by Gasteiger charge is -2.26. The number of amides is 1. The number of sulfonamides is 1. The van der Waals surface area contributed by atoms with Crippen molar-refractivity contribution in [2.24, 2.45) is 0 Å². The smallest absolute Gasteiger partial charge is 0.329 e. The molecule has 0 saturated carbocycles. The van der Waals surface area contributed by atoms with E-state index in [1.54, 1.807) is 31.2 Å². The number of aromatic nitrogens is 2. The van der Waals surface area contributed by atoms with Crippen molar-refractivity contribution < 1.29 is 17.9 Å². The van der Waals surface area contributed by atoms with Crippen molar-refractivity contribution >= 4 is 32.5 Å². The highest BCUT2D eigenvalue weighted by atomic mass is 32.2. The van der Waals surface area contributed by atoms with Gasteiger partial charge in [-0.15, -0.1) is 0 Å². The summed E-state index contributed by atoms with van der Waals surface area (Å²) in [5, 5.41) is 2.88. The molecule has 2 aromatic carbocycles. The Morgan fingerprint density at radius 1 is 1.09 bits per heavy atom. The Balaban J connectivity index is 1.63. The van der Waals surface area contributed by atoms with Crippen molar-refractivity contribution in [3.8, 4) is 5.75 Å². The molecule has 0 atom stereocenters. The third-order valence-electron chi connectivity index (χ3n) is 5.67. The molecule has 3 aromatic rings. The number of ether oxygens (including phenoxy) is 1. The molecule has 0 bridgehead atoms. The average Bonchev–Trinajstić information content (AvgIpc) is 2.83. The standard InChI is InChI=1S/C23H26N4O6S/c1-2-33-20-11-10-16(34(31,32)26-12-6-3-7-13-26)14-19(20)24-21(28)15-27-22(29)17-8-4-5-9-18(17)25-23(27)30/h4-5,8-11,14H,2-3,6-7,12-13,15H2,1H3,(H,24,28)(H,25,30). The number of hydrogen-bond donors (Lipinski definition) is 2. The van der Waals surface area contributed by atoms with Gasteiger partial charge < -0.3 is 15.0 Å². The van der Waals surface area contributed by atoms with Crippen molar-refractivity contribution in [3.63, 3.8) is 0 Å². The molecule has 4 rings (SSSR count). The Bertz CT molecular complexity index is 1440. The van der Waals surface area contributed by atoms with Gasteiger partial charge in [-0.25, -0.2) is 13.2 Å². The third-order valence-corrected chi connectivity index (χ3v) is 7.56. The first-order valence-electron chi connectivity index (χ1n) is 11.1. The zero-order valence-electron chi connectivity index (χ0n) is 18.7. The van der Waals surface area contributed by atoms with Gasteiger partial charge in [-0.05, 0) is 50.1 Å². The van der Waals surface area contributed by atoms with Gasteiger partial charge in [0.2, 0.25) is 15.9 Å². The molecule has 1 saturated heterocycles. The molecule has 1 aliphatic heterocycles. The molecule has 1 aromatic heterocycles. The summed E-state index contributed by atoms with van der Waals surface area (Å²) in [4.78, 5) is 40.5. The first-order valence-corrected chi connectivity index (χ1v) is 12.5. The highest BCUT2D eigenvalue weighted by molar-refractivity contribution is 7.89. The van der Waals surface area contributed by atoms with Crippen LogP contribution >= 0.6 is 0 Å². The van der Waals surface area contributed by atoms with Crippen molar-refractivity contribution in [2.45, 2.75) is 37.6 Å². The van der Waals surface area contributed by atoms with E-state index in [0.717, 1.165) is 23.8 Å². The Morgan fingerprint density at radius 2 is 1.82 bits per heavy atom. The van der Waals surface area contributed by atoms with Crippen molar-refractivity contribution in [2.75, 3.05) is 25.0 Å². The van der Waals surface area contributed by atoms with E-state index in [2.05, 4.69) is 10.3 Å². The number of benzene rings is 2. The summed E-state index contributed by atoms with van der Waals surface area (Å²) < 4.78 is 33.9. The Labute approximate surface area is 196 Å². The lowest BCUT2D eigenvalue weighted by atomic mass is 10.2. The maximum Gasteiger partial charge on any atom is 0.329 e. The zero-order chi connectivity index (χ0) is 24.3. The van der Waals surface area contributed by atoms with Crippen molar-refractivity contribution in [3.05, 3.63) is 63.3 Å². The SMILES string of the molecule is CCOc1ccc(S(=O)(=O)N2CCCCC2)cc1NC(=O)Cn1c(=O)[nH]c2ccccc2c1=O. The van der Waals surface area contributed by atoms with Crippen molar-refractivity contribution in [1.29, 1.82) is 0 Å². The van der Waals surface area contributed by atoms with Crippen LogP contribution in [0.2, 0.25) is 0 Å². The third kappa shape index (κ3) is 4.75. The first kappa shape index (κ1) is 23.7. The van der Waals surface area contributed by atoms with Crippen LogP contribution in [0.1, 0.15) is 26.2 Å². The first-order chi connectivity index (χ1) is 16.3. The van der Waals surface area contributed by atoms with Gasteiger partial charge >= 0.3 is 5.69 Å². The minimum atomic E-state index is -3.73. The van der Waals surface area contributed by atoms with Crippen molar-refractivity contribution in [1.82, 2.24) is 13.9 Å². The molecular weight excluding hydrogens is 460 g/mol. The number of anilines is 1. The number of nitrogens with one attached hydrogen (secondary N) is 2. The van der Waals surface area contributed by atoms with Crippen LogP contribution in [0.5, 0.6) is 5.75 Å². The number of piperidine rings is 1. The Morgan fingerprint density at radius 3 is 2.56 bits per heavy atom. The summed E-state index contributed by atoms with van der Waals surface area (Å²) in [7, 11) is -3.73. The highest BCUT2D eigenvalue weighted by Gasteiger charge is 2.27. The van der Waals surface area contributed by atoms with E-state index in [1.807, 2.05) is 0 Å². The van der Waals surface area contributed by atoms with Gasteiger partial charge in [0, 0.05) is 13.1 Å². The number of aromatic amines is 1. The Hall–Kier alpha value is -3.44. The summed E-state index contributed by atoms with van der Waals surface area (Å²) in [5.41, 5.74) is -0.787. The van der Waals surface area contributed by atoms with Crippen LogP contribution < -0.4 is 21.3 Å². The van der Waals surface area contributed by atoms with Crippen LogP contribution in [0.4, 0.5) is 5.69 Å².